The van der Waals surface area contributed by atoms with Crippen molar-refractivity contribution < 1.29 is 0 Å². The van der Waals surface area contributed by atoms with Gasteiger partial charge in [0.25, 0.3) is 0 Å². The lowest BCUT2D eigenvalue weighted by Crippen LogP contribution is -2.54. The van der Waals surface area contributed by atoms with Gasteiger partial charge in [0.2, 0.25) is 0 Å². The Hall–Kier alpha value is -0.820. The molecule has 116 valence electrons. The molecule has 1 aliphatic heterocycles. The molecule has 1 aromatic rings. The Morgan fingerprint density at radius 2 is 1.62 bits per heavy atom. The maximum absolute atomic E-state index is 2.84. The van der Waals surface area contributed by atoms with Gasteiger partial charge in [-0.1, -0.05) is 57.5 Å². The van der Waals surface area contributed by atoms with Gasteiger partial charge in [-0.05, 0) is 62.1 Å². The fourth-order valence-electron chi connectivity index (χ4n) is 5.24. The fraction of sp³-hybridized carbons (Fsp3) is 0.700. The third-order valence-electron chi connectivity index (χ3n) is 5.63. The molecule has 1 saturated carbocycles. The van der Waals surface area contributed by atoms with Crippen LogP contribution in [0.4, 0.5) is 0 Å². The van der Waals surface area contributed by atoms with Crippen molar-refractivity contribution in [3.05, 3.63) is 35.9 Å². The SMILES string of the molecule is C[C@H]1CC(C)(C)C[C@](c2ccccc2)(N2CCCCC2)C1. The van der Waals surface area contributed by atoms with E-state index < -0.39 is 0 Å². The summed E-state index contributed by atoms with van der Waals surface area (Å²) in [7, 11) is 0. The van der Waals surface area contributed by atoms with Gasteiger partial charge >= 0.3 is 0 Å². The molecular weight excluding hydrogens is 254 g/mol. The van der Waals surface area contributed by atoms with Gasteiger partial charge in [-0.2, -0.15) is 0 Å². The van der Waals surface area contributed by atoms with Crippen LogP contribution in [0.25, 0.3) is 0 Å². The van der Waals surface area contributed by atoms with Crippen LogP contribution in [0.2, 0.25) is 0 Å². The zero-order chi connectivity index (χ0) is 14.9. The lowest BCUT2D eigenvalue weighted by molar-refractivity contribution is -0.0314. The van der Waals surface area contributed by atoms with Crippen molar-refractivity contribution >= 4 is 0 Å². The molecule has 0 bridgehead atoms. The van der Waals surface area contributed by atoms with E-state index in [4.69, 9.17) is 0 Å². The first-order valence-electron chi connectivity index (χ1n) is 8.82. The minimum absolute atomic E-state index is 0.281. The monoisotopic (exact) mass is 285 g/mol. The maximum Gasteiger partial charge on any atom is 0.0468 e. The standard InChI is InChI=1S/C20H31N/c1-17-14-19(2,3)16-20(15-17,18-10-6-4-7-11-18)21-12-8-5-9-13-21/h4,6-7,10-11,17H,5,8-9,12-16H2,1-3H3/t17-,20+/m0/s1. The van der Waals surface area contributed by atoms with Gasteiger partial charge < -0.3 is 0 Å². The first-order chi connectivity index (χ1) is 10.0. The van der Waals surface area contributed by atoms with E-state index in [0.29, 0.717) is 5.41 Å². The Bertz CT molecular complexity index is 458. The maximum atomic E-state index is 2.84. The number of hydrogen-bond donors (Lipinski definition) is 0. The molecule has 2 aliphatic rings. The van der Waals surface area contributed by atoms with Crippen LogP contribution in [-0.4, -0.2) is 18.0 Å². The highest BCUT2D eigenvalue weighted by atomic mass is 15.2. The number of piperidine rings is 1. The van der Waals surface area contributed by atoms with E-state index in [1.54, 1.807) is 5.56 Å². The van der Waals surface area contributed by atoms with E-state index in [1.165, 1.54) is 51.6 Å². The second-order valence-corrected chi connectivity index (χ2v) is 8.30. The van der Waals surface area contributed by atoms with Crippen LogP contribution in [0.3, 0.4) is 0 Å². The average Bonchev–Trinajstić information content (AvgIpc) is 2.47. The van der Waals surface area contributed by atoms with Gasteiger partial charge in [-0.15, -0.1) is 0 Å². The lowest BCUT2D eigenvalue weighted by Gasteiger charge is -2.54. The summed E-state index contributed by atoms with van der Waals surface area (Å²) in [6, 6.07) is 11.4. The molecule has 1 heterocycles. The third-order valence-corrected chi connectivity index (χ3v) is 5.63. The number of nitrogens with zero attached hydrogens (tertiary/aromatic N) is 1. The van der Waals surface area contributed by atoms with Crippen molar-refractivity contribution in [2.45, 2.75) is 64.8 Å². The Kier molecular flexibility index (Phi) is 4.14. The van der Waals surface area contributed by atoms with Crippen molar-refractivity contribution in [2.75, 3.05) is 13.1 Å². The number of hydrogen-bond acceptors (Lipinski definition) is 1. The number of rotatable bonds is 2. The summed E-state index contributed by atoms with van der Waals surface area (Å²) in [5.74, 6) is 0.816. The van der Waals surface area contributed by atoms with Crippen molar-refractivity contribution in [2.24, 2.45) is 11.3 Å². The molecule has 0 N–H and O–H groups in total. The first kappa shape index (κ1) is 15.1. The highest BCUT2D eigenvalue weighted by Gasteiger charge is 2.47. The summed E-state index contributed by atoms with van der Waals surface area (Å²) < 4.78 is 0. The molecule has 0 spiro atoms. The minimum atomic E-state index is 0.281. The molecule has 0 aromatic heterocycles. The molecule has 2 atom stereocenters. The van der Waals surface area contributed by atoms with Gasteiger partial charge in [0.05, 0.1) is 0 Å². The summed E-state index contributed by atoms with van der Waals surface area (Å²) in [6.45, 7) is 9.99. The zero-order valence-corrected chi connectivity index (χ0v) is 14.1. The summed E-state index contributed by atoms with van der Waals surface area (Å²) in [6.07, 6.45) is 8.19. The molecule has 3 rings (SSSR count). The first-order valence-corrected chi connectivity index (χ1v) is 8.82. The van der Waals surface area contributed by atoms with E-state index >= 15 is 0 Å². The lowest BCUT2D eigenvalue weighted by atomic mass is 9.61. The Morgan fingerprint density at radius 3 is 2.24 bits per heavy atom. The molecule has 1 aromatic carbocycles. The van der Waals surface area contributed by atoms with Crippen LogP contribution in [-0.2, 0) is 5.54 Å². The predicted molar refractivity (Wildman–Crippen MR) is 90.3 cm³/mol. The van der Waals surface area contributed by atoms with Gasteiger partial charge in [-0.25, -0.2) is 0 Å². The summed E-state index contributed by atoms with van der Waals surface area (Å²) >= 11 is 0. The second-order valence-electron chi connectivity index (χ2n) is 8.30. The molecule has 1 saturated heterocycles. The molecule has 1 aliphatic carbocycles. The van der Waals surface area contributed by atoms with Gasteiger partial charge in [0, 0.05) is 5.54 Å². The van der Waals surface area contributed by atoms with Gasteiger partial charge in [0.15, 0.2) is 0 Å². The molecule has 1 nitrogen and oxygen atoms in total. The quantitative estimate of drug-likeness (QED) is 0.720. The van der Waals surface area contributed by atoms with E-state index in [-0.39, 0.29) is 5.54 Å². The van der Waals surface area contributed by atoms with Gasteiger partial charge in [-0.3, -0.25) is 4.90 Å². The van der Waals surface area contributed by atoms with Crippen LogP contribution in [0.5, 0.6) is 0 Å². The molecule has 21 heavy (non-hydrogen) atoms. The van der Waals surface area contributed by atoms with Crippen molar-refractivity contribution in [3.63, 3.8) is 0 Å². The smallest absolute Gasteiger partial charge is 0.0468 e. The average molecular weight is 285 g/mol. The molecule has 0 radical (unpaired) electrons. The zero-order valence-electron chi connectivity index (χ0n) is 14.1. The highest BCUT2D eigenvalue weighted by Crippen LogP contribution is 2.52. The molecular formula is C20H31N. The summed E-state index contributed by atoms with van der Waals surface area (Å²) in [5, 5.41) is 0. The van der Waals surface area contributed by atoms with Crippen molar-refractivity contribution in [1.82, 2.24) is 4.90 Å². The van der Waals surface area contributed by atoms with E-state index in [2.05, 4.69) is 56.0 Å². The molecule has 1 heteroatoms. The Morgan fingerprint density at radius 1 is 0.952 bits per heavy atom. The second kappa shape index (κ2) is 5.76. The van der Waals surface area contributed by atoms with Crippen molar-refractivity contribution in [1.29, 1.82) is 0 Å². The number of likely N-dealkylation sites (tertiary alicyclic amines) is 1. The topological polar surface area (TPSA) is 3.24 Å². The summed E-state index contributed by atoms with van der Waals surface area (Å²) in [5.41, 5.74) is 2.29. The van der Waals surface area contributed by atoms with Crippen LogP contribution in [0, 0.1) is 11.3 Å². The molecule has 0 amide bonds. The largest absolute Gasteiger partial charge is 0.294 e. The van der Waals surface area contributed by atoms with E-state index in [0.717, 1.165) is 5.92 Å². The molecule has 0 unspecified atom stereocenters. The number of benzene rings is 1. The third kappa shape index (κ3) is 3.04. The van der Waals surface area contributed by atoms with Crippen molar-refractivity contribution in [3.8, 4) is 0 Å². The Balaban J connectivity index is 2.01. The van der Waals surface area contributed by atoms with E-state index in [1.807, 2.05) is 0 Å². The van der Waals surface area contributed by atoms with Gasteiger partial charge in [0.1, 0.15) is 0 Å². The minimum Gasteiger partial charge on any atom is -0.294 e. The highest BCUT2D eigenvalue weighted by molar-refractivity contribution is 5.27. The fourth-order valence-corrected chi connectivity index (χ4v) is 5.24. The van der Waals surface area contributed by atoms with Crippen LogP contribution in [0.15, 0.2) is 30.3 Å². The van der Waals surface area contributed by atoms with Crippen LogP contribution < -0.4 is 0 Å². The Labute approximate surface area is 130 Å². The van der Waals surface area contributed by atoms with Crippen LogP contribution >= 0.6 is 0 Å². The predicted octanol–water partition coefficient (Wildman–Crippen LogP) is 5.21. The normalized spacial score (nSPS) is 33.8. The molecule has 2 fully saturated rings. The summed E-state index contributed by atoms with van der Waals surface area (Å²) in [4.78, 5) is 2.84. The van der Waals surface area contributed by atoms with E-state index in [9.17, 15) is 0 Å². The van der Waals surface area contributed by atoms with Crippen LogP contribution in [0.1, 0.15) is 64.9 Å².